The molecular weight excluding hydrogens is 266 g/mol. The molecule has 0 aliphatic carbocycles. The number of hydrogen-bond acceptors (Lipinski definition) is 2. The molecule has 2 rings (SSSR count). The van der Waals surface area contributed by atoms with E-state index in [4.69, 9.17) is 5.73 Å². The van der Waals surface area contributed by atoms with Crippen LogP contribution in [-0.4, -0.2) is 4.32 Å². The largest absolute Gasteiger partial charge is 2.00 e. The monoisotopic (exact) mass is 277 g/mol. The van der Waals surface area contributed by atoms with Gasteiger partial charge in [-0.25, -0.2) is 24.3 Å². The molecule has 0 amide bonds. The fourth-order valence-corrected chi connectivity index (χ4v) is 1.68. The van der Waals surface area contributed by atoms with Crippen molar-refractivity contribution in [2.75, 3.05) is 0 Å². The summed E-state index contributed by atoms with van der Waals surface area (Å²) in [7, 11) is 0. The normalized spacial score (nSPS) is 8.27. The first-order valence-electron chi connectivity index (χ1n) is 4.15. The Kier molecular flexibility index (Phi) is 8.43. The van der Waals surface area contributed by atoms with Crippen molar-refractivity contribution >= 4 is 28.3 Å². The van der Waals surface area contributed by atoms with Crippen LogP contribution >= 0.6 is 24.0 Å². The van der Waals surface area contributed by atoms with Crippen molar-refractivity contribution in [2.45, 2.75) is 4.90 Å². The van der Waals surface area contributed by atoms with Gasteiger partial charge in [-0.05, 0) is 0 Å². The third kappa shape index (κ3) is 7.40. The Balaban J connectivity index is 0.000000280. The van der Waals surface area contributed by atoms with Crippen LogP contribution in [0.5, 0.6) is 0 Å². The number of hydrogen-bond donors (Lipinski definition) is 1. The molecule has 2 aromatic carbocycles. The van der Waals surface area contributed by atoms with Gasteiger partial charge in [0.05, 0.1) is 0 Å². The van der Waals surface area contributed by atoms with Crippen LogP contribution in [0.25, 0.3) is 0 Å². The van der Waals surface area contributed by atoms with Crippen LogP contribution in [0.15, 0.2) is 59.5 Å². The molecule has 0 bridgehead atoms. The molecule has 2 aromatic rings. The van der Waals surface area contributed by atoms with Gasteiger partial charge in [0.25, 0.3) is 0 Å². The Bertz CT molecular complexity index is 323. The zero-order valence-corrected chi connectivity index (χ0v) is 10.7. The molecule has 0 radical (unpaired) electrons. The molecular formula is C11H11FeNS2. The van der Waals surface area contributed by atoms with Gasteiger partial charge in [-0.15, -0.1) is 11.8 Å². The average molecular weight is 277 g/mol. The molecule has 1 nitrogen and oxygen atoms in total. The number of thiocarbonyl (C=S) groups is 1. The fourth-order valence-electron chi connectivity index (χ4n) is 0.861. The fraction of sp³-hybridized carbons (Fsp3) is 0. The maximum Gasteiger partial charge on any atom is 2.00 e. The molecule has 0 saturated heterocycles. The average Bonchev–Trinajstić information content (AvgIpc) is 2.75. The van der Waals surface area contributed by atoms with Gasteiger partial charge in [0.1, 0.15) is 4.32 Å². The molecule has 0 fully saturated rings. The second-order valence-electron chi connectivity index (χ2n) is 2.50. The van der Waals surface area contributed by atoms with Crippen LogP contribution in [0.2, 0.25) is 0 Å². The summed E-state index contributed by atoms with van der Waals surface area (Å²) in [6.45, 7) is 0. The topological polar surface area (TPSA) is 26.0 Å². The summed E-state index contributed by atoms with van der Waals surface area (Å²) in [5.74, 6) is 0. The van der Waals surface area contributed by atoms with Crippen LogP contribution < -0.4 is 5.73 Å². The summed E-state index contributed by atoms with van der Waals surface area (Å²) in [6.07, 6.45) is 0. The van der Waals surface area contributed by atoms with Gasteiger partial charge in [0, 0.05) is 0 Å². The Morgan fingerprint density at radius 2 is 1.67 bits per heavy atom. The van der Waals surface area contributed by atoms with Crippen LogP contribution in [0.3, 0.4) is 0 Å². The van der Waals surface area contributed by atoms with Crippen LogP contribution in [0.1, 0.15) is 0 Å². The van der Waals surface area contributed by atoms with Gasteiger partial charge in [0.2, 0.25) is 0 Å². The zero-order chi connectivity index (χ0) is 10.2. The van der Waals surface area contributed by atoms with Crippen molar-refractivity contribution in [2.24, 2.45) is 5.73 Å². The number of rotatable bonds is 1. The minimum absolute atomic E-state index is 0. The molecule has 0 unspecified atom stereocenters. The maximum absolute atomic E-state index is 5.28. The number of nitrogens with two attached hydrogens (primary N) is 1. The molecule has 15 heavy (non-hydrogen) atoms. The minimum atomic E-state index is 0. The van der Waals surface area contributed by atoms with Crippen LogP contribution in [0.4, 0.5) is 0 Å². The summed E-state index contributed by atoms with van der Waals surface area (Å²) in [5, 5.41) is 0. The molecule has 80 valence electrons. The van der Waals surface area contributed by atoms with Crippen molar-refractivity contribution in [3.63, 3.8) is 0 Å². The van der Waals surface area contributed by atoms with Gasteiger partial charge >= 0.3 is 17.1 Å². The summed E-state index contributed by atoms with van der Waals surface area (Å²) in [6, 6.07) is 17.9. The van der Waals surface area contributed by atoms with E-state index in [9.17, 15) is 0 Å². The van der Waals surface area contributed by atoms with Gasteiger partial charge < -0.3 is 5.73 Å². The Morgan fingerprint density at radius 1 is 1.13 bits per heavy atom. The molecule has 0 aromatic heterocycles. The van der Waals surface area contributed by atoms with E-state index in [0.717, 1.165) is 4.90 Å². The first kappa shape index (κ1) is 14.5. The van der Waals surface area contributed by atoms with Crippen molar-refractivity contribution in [1.82, 2.24) is 0 Å². The van der Waals surface area contributed by atoms with E-state index in [1.54, 1.807) is 0 Å². The van der Waals surface area contributed by atoms with E-state index in [-0.39, 0.29) is 17.1 Å². The summed E-state index contributed by atoms with van der Waals surface area (Å²) in [4.78, 5) is 1.11. The second kappa shape index (κ2) is 8.74. The molecule has 2 N–H and O–H groups in total. The van der Waals surface area contributed by atoms with Crippen molar-refractivity contribution in [1.29, 1.82) is 0 Å². The Morgan fingerprint density at radius 3 is 2.00 bits per heavy atom. The van der Waals surface area contributed by atoms with E-state index >= 15 is 0 Å². The Labute approximate surface area is 110 Å². The predicted molar refractivity (Wildman–Crippen MR) is 66.7 cm³/mol. The van der Waals surface area contributed by atoms with Gasteiger partial charge in [-0.1, -0.05) is 17.1 Å². The molecule has 0 heterocycles. The molecule has 0 spiro atoms. The van der Waals surface area contributed by atoms with Gasteiger partial charge in [-0.3, -0.25) is 0 Å². The molecule has 4 heteroatoms. The van der Waals surface area contributed by atoms with E-state index in [1.165, 1.54) is 11.8 Å². The first-order chi connectivity index (χ1) is 6.79. The summed E-state index contributed by atoms with van der Waals surface area (Å²) in [5.41, 5.74) is 5.28. The minimum Gasteiger partial charge on any atom is -0.385 e. The molecule has 0 aliphatic heterocycles. The van der Waals surface area contributed by atoms with Crippen LogP contribution in [-0.2, 0) is 17.1 Å². The molecule has 0 saturated carbocycles. The molecule has 0 aliphatic rings. The quantitative estimate of drug-likeness (QED) is 0.375. The van der Waals surface area contributed by atoms with E-state index in [2.05, 4.69) is 12.2 Å². The molecule has 0 atom stereocenters. The number of thioether (sulfide) groups is 1. The SMILES string of the molecule is NC(=S)S[c-]1cccc1.[Fe+2].c1cc[cH-]c1. The maximum atomic E-state index is 5.28. The van der Waals surface area contributed by atoms with E-state index < -0.39 is 0 Å². The van der Waals surface area contributed by atoms with Crippen molar-refractivity contribution in [3.8, 4) is 0 Å². The van der Waals surface area contributed by atoms with Crippen LogP contribution in [0, 0.1) is 0 Å². The Hall–Kier alpha value is -0.541. The van der Waals surface area contributed by atoms with E-state index in [1.807, 2.05) is 54.6 Å². The smallest absolute Gasteiger partial charge is 0.385 e. The third-order valence-electron chi connectivity index (χ3n) is 1.41. The zero-order valence-electron chi connectivity index (χ0n) is 7.94. The summed E-state index contributed by atoms with van der Waals surface area (Å²) >= 11 is 6.10. The second-order valence-corrected chi connectivity index (χ2v) is 4.32. The van der Waals surface area contributed by atoms with Gasteiger partial charge in [0.15, 0.2) is 0 Å². The van der Waals surface area contributed by atoms with Crippen molar-refractivity contribution in [3.05, 3.63) is 54.6 Å². The summed E-state index contributed by atoms with van der Waals surface area (Å²) < 4.78 is 0.473. The predicted octanol–water partition coefficient (Wildman–Crippen LogP) is 3.14. The first-order valence-corrected chi connectivity index (χ1v) is 5.37. The third-order valence-corrected chi connectivity index (χ3v) is 2.37. The van der Waals surface area contributed by atoms with Gasteiger partial charge in [-0.2, -0.15) is 30.3 Å². The van der Waals surface area contributed by atoms with Crippen molar-refractivity contribution < 1.29 is 17.1 Å². The van der Waals surface area contributed by atoms with E-state index in [0.29, 0.717) is 4.32 Å². The standard InChI is InChI=1S/C6H6NS2.C5H5.Fe/c7-6(8)9-5-3-1-2-4-5;1-2-4-5-3-1;/h1-4H,(H2,7,8);1-5H;/q2*-1;+2.